The molecule has 144 valence electrons. The molecule has 3 aromatic carbocycles. The highest BCUT2D eigenvalue weighted by atomic mass is 16.5. The molecule has 2 atom stereocenters. The van der Waals surface area contributed by atoms with E-state index in [1.54, 1.807) is 6.07 Å². The van der Waals surface area contributed by atoms with Crippen LogP contribution < -0.4 is 4.74 Å². The summed E-state index contributed by atoms with van der Waals surface area (Å²) in [7, 11) is 1.53. The third kappa shape index (κ3) is 4.01. The van der Waals surface area contributed by atoms with Gasteiger partial charge in [-0.05, 0) is 35.6 Å². The van der Waals surface area contributed by atoms with Crippen LogP contribution >= 0.6 is 0 Å². The predicted molar refractivity (Wildman–Crippen MR) is 109 cm³/mol. The Morgan fingerprint density at radius 1 is 0.929 bits per heavy atom. The summed E-state index contributed by atoms with van der Waals surface area (Å²) < 4.78 is 5.50. The molecule has 4 nitrogen and oxygen atoms in total. The van der Waals surface area contributed by atoms with Gasteiger partial charge in [-0.15, -0.1) is 0 Å². The van der Waals surface area contributed by atoms with Gasteiger partial charge >= 0.3 is 5.97 Å². The minimum atomic E-state index is -1.16. The number of benzene rings is 3. The Morgan fingerprint density at radius 3 is 2.04 bits per heavy atom. The zero-order chi connectivity index (χ0) is 20.1. The zero-order valence-corrected chi connectivity index (χ0v) is 16.0. The maximum Gasteiger partial charge on any atom is 0.339 e. The van der Waals surface area contributed by atoms with E-state index in [2.05, 4.69) is 19.1 Å². The van der Waals surface area contributed by atoms with Gasteiger partial charge in [0.1, 0.15) is 17.1 Å². The Labute approximate surface area is 165 Å². The largest absolute Gasteiger partial charge is 0.507 e. The molecule has 0 aliphatic carbocycles. The first-order valence-corrected chi connectivity index (χ1v) is 9.26. The molecule has 0 heterocycles. The summed E-state index contributed by atoms with van der Waals surface area (Å²) in [6.45, 7) is 2.13. The van der Waals surface area contributed by atoms with Crippen molar-refractivity contribution < 1.29 is 19.7 Å². The van der Waals surface area contributed by atoms with E-state index in [9.17, 15) is 15.0 Å². The van der Waals surface area contributed by atoms with Crippen LogP contribution in [0.25, 0.3) is 0 Å². The number of carbonyl (C=O) groups is 1. The first-order valence-electron chi connectivity index (χ1n) is 9.26. The van der Waals surface area contributed by atoms with Gasteiger partial charge in [0, 0.05) is 11.5 Å². The fourth-order valence-electron chi connectivity index (χ4n) is 3.65. The lowest BCUT2D eigenvalue weighted by molar-refractivity contribution is 0.0693. The molecule has 0 saturated heterocycles. The molecule has 0 radical (unpaired) electrons. The van der Waals surface area contributed by atoms with Crippen LogP contribution in [0.4, 0.5) is 0 Å². The van der Waals surface area contributed by atoms with Crippen molar-refractivity contribution in [1.29, 1.82) is 0 Å². The van der Waals surface area contributed by atoms with E-state index in [1.807, 2.05) is 48.5 Å². The molecule has 0 saturated carbocycles. The van der Waals surface area contributed by atoms with Crippen molar-refractivity contribution >= 4 is 5.97 Å². The smallest absolute Gasteiger partial charge is 0.339 e. The van der Waals surface area contributed by atoms with Gasteiger partial charge in [-0.2, -0.15) is 0 Å². The van der Waals surface area contributed by atoms with E-state index in [-0.39, 0.29) is 23.1 Å². The predicted octanol–water partition coefficient (Wildman–Crippen LogP) is 5.42. The second-order valence-corrected chi connectivity index (χ2v) is 6.89. The summed E-state index contributed by atoms with van der Waals surface area (Å²) >= 11 is 0. The lowest BCUT2D eigenvalue weighted by atomic mass is 9.80. The molecule has 3 rings (SSSR count). The number of rotatable bonds is 7. The highest BCUT2D eigenvalue weighted by Gasteiger charge is 2.27. The topological polar surface area (TPSA) is 66.8 Å². The van der Waals surface area contributed by atoms with E-state index in [0.717, 1.165) is 5.56 Å². The summed E-state index contributed by atoms with van der Waals surface area (Å²) in [5.74, 6) is -0.934. The van der Waals surface area contributed by atoms with Gasteiger partial charge < -0.3 is 14.9 Å². The summed E-state index contributed by atoms with van der Waals surface area (Å²) in [6, 6.07) is 23.0. The van der Waals surface area contributed by atoms with Crippen molar-refractivity contribution in [3.63, 3.8) is 0 Å². The number of methoxy groups -OCH3 is 1. The standard InChI is InChI=1S/C24H24O4/c1-16(17-9-5-3-6-10-17)15-20(18-11-7-4-8-12-18)22-21(28-2)14-13-19(23(22)25)24(26)27/h3-14,16,20,25H,15H2,1-2H3,(H,26,27). The molecule has 28 heavy (non-hydrogen) atoms. The zero-order valence-electron chi connectivity index (χ0n) is 16.0. The average molecular weight is 376 g/mol. The number of hydrogen-bond acceptors (Lipinski definition) is 3. The van der Waals surface area contributed by atoms with E-state index in [0.29, 0.717) is 17.7 Å². The molecule has 0 aromatic heterocycles. The lowest BCUT2D eigenvalue weighted by Gasteiger charge is -2.25. The monoisotopic (exact) mass is 376 g/mol. The lowest BCUT2D eigenvalue weighted by Crippen LogP contribution is -2.10. The first kappa shape index (κ1) is 19.5. The fraction of sp³-hybridized carbons (Fsp3) is 0.208. The summed E-state index contributed by atoms with van der Waals surface area (Å²) in [4.78, 5) is 11.6. The number of carboxylic acid groups (broad SMARTS) is 1. The first-order chi connectivity index (χ1) is 13.5. The van der Waals surface area contributed by atoms with Crippen LogP contribution in [0.2, 0.25) is 0 Å². The molecule has 3 aromatic rings. The van der Waals surface area contributed by atoms with E-state index >= 15 is 0 Å². The SMILES string of the molecule is COc1ccc(C(=O)O)c(O)c1C(CC(C)c1ccccc1)c1ccccc1. The van der Waals surface area contributed by atoms with Crippen molar-refractivity contribution in [2.24, 2.45) is 0 Å². The Morgan fingerprint density at radius 2 is 1.50 bits per heavy atom. The van der Waals surface area contributed by atoms with Crippen LogP contribution in [0, 0.1) is 0 Å². The van der Waals surface area contributed by atoms with Crippen LogP contribution in [0.15, 0.2) is 72.8 Å². The summed E-state index contributed by atoms with van der Waals surface area (Å²) in [6.07, 6.45) is 0.695. The van der Waals surface area contributed by atoms with E-state index < -0.39 is 5.97 Å². The van der Waals surface area contributed by atoms with Gasteiger partial charge in [0.05, 0.1) is 7.11 Å². The minimum absolute atomic E-state index is 0.121. The molecule has 0 aliphatic heterocycles. The molecule has 4 heteroatoms. The van der Waals surface area contributed by atoms with Crippen LogP contribution in [-0.4, -0.2) is 23.3 Å². The van der Waals surface area contributed by atoms with E-state index in [4.69, 9.17) is 4.74 Å². The highest BCUT2D eigenvalue weighted by Crippen LogP contribution is 2.44. The summed E-state index contributed by atoms with van der Waals surface area (Å²) in [5, 5.41) is 20.3. The number of aromatic hydroxyl groups is 1. The number of carboxylic acids is 1. The third-order valence-corrected chi connectivity index (χ3v) is 5.14. The third-order valence-electron chi connectivity index (χ3n) is 5.14. The number of aromatic carboxylic acids is 1. The molecule has 0 aliphatic rings. The fourth-order valence-corrected chi connectivity index (χ4v) is 3.65. The highest BCUT2D eigenvalue weighted by molar-refractivity contribution is 5.92. The Bertz CT molecular complexity index is 936. The molecule has 0 amide bonds. The van der Waals surface area contributed by atoms with Gasteiger partial charge in [-0.1, -0.05) is 67.6 Å². The van der Waals surface area contributed by atoms with Crippen LogP contribution in [0.1, 0.15) is 52.2 Å². The average Bonchev–Trinajstić information content (AvgIpc) is 2.73. The maximum absolute atomic E-state index is 11.6. The van der Waals surface area contributed by atoms with Gasteiger partial charge in [0.2, 0.25) is 0 Å². The van der Waals surface area contributed by atoms with Gasteiger partial charge in [-0.25, -0.2) is 4.79 Å². The normalized spacial score (nSPS) is 12.9. The molecule has 0 fully saturated rings. The van der Waals surface area contributed by atoms with Crippen molar-refractivity contribution in [2.75, 3.05) is 7.11 Å². The van der Waals surface area contributed by atoms with Crippen molar-refractivity contribution in [1.82, 2.24) is 0 Å². The molecule has 0 spiro atoms. The molecular formula is C24H24O4. The Balaban J connectivity index is 2.12. The minimum Gasteiger partial charge on any atom is -0.507 e. The van der Waals surface area contributed by atoms with Crippen LogP contribution in [-0.2, 0) is 0 Å². The van der Waals surface area contributed by atoms with Crippen molar-refractivity contribution in [3.05, 3.63) is 95.1 Å². The Kier molecular flexibility index (Phi) is 5.99. The molecule has 0 bridgehead atoms. The number of phenols is 1. The summed E-state index contributed by atoms with van der Waals surface area (Å²) in [5.41, 5.74) is 2.58. The van der Waals surface area contributed by atoms with Crippen molar-refractivity contribution in [2.45, 2.75) is 25.2 Å². The number of ether oxygens (including phenoxy) is 1. The second kappa shape index (κ2) is 8.61. The molecule has 2 unspecified atom stereocenters. The van der Waals surface area contributed by atoms with Gasteiger partial charge in [0.25, 0.3) is 0 Å². The maximum atomic E-state index is 11.6. The van der Waals surface area contributed by atoms with Gasteiger partial charge in [-0.3, -0.25) is 0 Å². The molecule has 2 N–H and O–H groups in total. The van der Waals surface area contributed by atoms with Crippen molar-refractivity contribution in [3.8, 4) is 11.5 Å². The molecular weight excluding hydrogens is 352 g/mol. The second-order valence-electron chi connectivity index (χ2n) is 6.89. The van der Waals surface area contributed by atoms with Gasteiger partial charge in [0.15, 0.2) is 0 Å². The van der Waals surface area contributed by atoms with E-state index in [1.165, 1.54) is 18.7 Å². The quantitative estimate of drug-likeness (QED) is 0.577. The van der Waals surface area contributed by atoms with Crippen LogP contribution in [0.3, 0.4) is 0 Å². The number of hydrogen-bond donors (Lipinski definition) is 2. The van der Waals surface area contributed by atoms with Crippen LogP contribution in [0.5, 0.6) is 11.5 Å². The Hall–Kier alpha value is -3.27.